The lowest BCUT2D eigenvalue weighted by Crippen LogP contribution is -2.46. The Morgan fingerprint density at radius 2 is 1.88 bits per heavy atom. The fourth-order valence-corrected chi connectivity index (χ4v) is 2.09. The van der Waals surface area contributed by atoms with E-state index >= 15 is 0 Å². The maximum Gasteiger partial charge on any atom is 0.408 e. The molecule has 8 nitrogen and oxygen atoms in total. The number of hydrogen-bond acceptors (Lipinski definition) is 6. The van der Waals surface area contributed by atoms with Gasteiger partial charge in [0.15, 0.2) is 0 Å². The second kappa shape index (κ2) is 8.04. The minimum absolute atomic E-state index is 0.0330. The van der Waals surface area contributed by atoms with Crippen molar-refractivity contribution in [2.75, 3.05) is 19.0 Å². The highest BCUT2D eigenvalue weighted by molar-refractivity contribution is 5.68. The van der Waals surface area contributed by atoms with Crippen LogP contribution in [0.3, 0.4) is 0 Å². The van der Waals surface area contributed by atoms with Crippen LogP contribution in [-0.4, -0.2) is 35.8 Å². The van der Waals surface area contributed by atoms with Crippen molar-refractivity contribution in [1.29, 1.82) is 0 Å². The fraction of sp³-hybridized carbons (Fsp3) is 0.588. The first-order chi connectivity index (χ1) is 11.4. The van der Waals surface area contributed by atoms with E-state index in [0.717, 1.165) is 0 Å². The topological polar surface area (TPSA) is 103 Å². The minimum atomic E-state index is -0.551. The Morgan fingerprint density at radius 3 is 2.40 bits per heavy atom. The summed E-state index contributed by atoms with van der Waals surface area (Å²) in [4.78, 5) is 22.2. The van der Waals surface area contributed by atoms with Crippen LogP contribution in [0, 0.1) is 10.1 Å². The Bertz CT molecular complexity index is 623. The Balaban J connectivity index is 2.61. The van der Waals surface area contributed by atoms with Crippen molar-refractivity contribution < 1.29 is 19.2 Å². The first-order valence-corrected chi connectivity index (χ1v) is 8.01. The molecule has 0 aliphatic rings. The number of nitro groups is 1. The van der Waals surface area contributed by atoms with E-state index in [1.54, 1.807) is 6.07 Å². The van der Waals surface area contributed by atoms with Gasteiger partial charge in [-0.3, -0.25) is 10.1 Å². The lowest BCUT2D eigenvalue weighted by Gasteiger charge is -2.29. The summed E-state index contributed by atoms with van der Waals surface area (Å²) in [5.41, 5.74) is -0.413. The first-order valence-electron chi connectivity index (χ1n) is 8.01. The van der Waals surface area contributed by atoms with Crippen molar-refractivity contribution in [1.82, 2.24) is 5.32 Å². The minimum Gasteiger partial charge on any atom is -0.494 e. The van der Waals surface area contributed by atoms with Gasteiger partial charge < -0.3 is 20.1 Å². The van der Waals surface area contributed by atoms with E-state index < -0.39 is 22.2 Å². The van der Waals surface area contributed by atoms with Gasteiger partial charge >= 0.3 is 6.09 Å². The number of nitrogens with one attached hydrogen (secondary N) is 2. The number of carbonyl (C=O) groups is 1. The van der Waals surface area contributed by atoms with E-state index in [1.807, 2.05) is 34.6 Å². The van der Waals surface area contributed by atoms with Gasteiger partial charge in [-0.2, -0.15) is 0 Å². The van der Waals surface area contributed by atoms with E-state index in [9.17, 15) is 14.9 Å². The lowest BCUT2D eigenvalue weighted by molar-refractivity contribution is -0.384. The largest absolute Gasteiger partial charge is 0.494 e. The monoisotopic (exact) mass is 353 g/mol. The van der Waals surface area contributed by atoms with Gasteiger partial charge in [-0.05, 0) is 47.1 Å². The van der Waals surface area contributed by atoms with Crippen LogP contribution in [0.1, 0.15) is 41.0 Å². The average Bonchev–Trinajstić information content (AvgIpc) is 2.44. The predicted octanol–water partition coefficient (Wildman–Crippen LogP) is 3.71. The molecule has 140 valence electrons. The molecule has 0 aliphatic carbocycles. The highest BCUT2D eigenvalue weighted by Gasteiger charge is 2.24. The van der Waals surface area contributed by atoms with Crippen molar-refractivity contribution >= 4 is 17.5 Å². The zero-order valence-electron chi connectivity index (χ0n) is 15.6. The van der Waals surface area contributed by atoms with E-state index in [0.29, 0.717) is 24.4 Å². The van der Waals surface area contributed by atoms with Crippen LogP contribution in [-0.2, 0) is 4.74 Å². The Hall–Kier alpha value is -2.51. The van der Waals surface area contributed by atoms with Crippen LogP contribution in [0.2, 0.25) is 0 Å². The molecular weight excluding hydrogens is 326 g/mol. The van der Waals surface area contributed by atoms with E-state index in [2.05, 4.69) is 10.6 Å². The second-order valence-electron chi connectivity index (χ2n) is 7.33. The molecular formula is C17H27N3O5. The third-order valence-electron chi connectivity index (χ3n) is 3.30. The number of alkyl carbamates (subject to hydrolysis) is 1. The van der Waals surface area contributed by atoms with Gasteiger partial charge in [-0.15, -0.1) is 0 Å². The van der Waals surface area contributed by atoms with Crippen molar-refractivity contribution in [3.8, 4) is 5.75 Å². The number of nitrogens with zero attached hydrogens (tertiary/aromatic N) is 1. The number of methoxy groups -OCH3 is 1. The lowest BCUT2D eigenvalue weighted by atomic mass is 10.0. The summed E-state index contributed by atoms with van der Waals surface area (Å²) in [5.74, 6) is 0.395. The molecule has 0 radical (unpaired) electrons. The molecule has 1 rings (SSSR count). The van der Waals surface area contributed by atoms with Crippen LogP contribution in [0.4, 0.5) is 16.2 Å². The van der Waals surface area contributed by atoms with Gasteiger partial charge in [0.2, 0.25) is 0 Å². The Morgan fingerprint density at radius 1 is 1.24 bits per heavy atom. The molecule has 25 heavy (non-hydrogen) atoms. The number of non-ortho nitro benzene ring substituents is 1. The number of amides is 1. The number of benzene rings is 1. The summed E-state index contributed by atoms with van der Waals surface area (Å²) < 4.78 is 10.4. The first kappa shape index (κ1) is 20.5. The van der Waals surface area contributed by atoms with Gasteiger partial charge in [0.05, 0.1) is 23.8 Å². The number of rotatable bonds is 7. The molecule has 0 unspecified atom stereocenters. The number of carbonyl (C=O) groups excluding carboxylic acids is 1. The van der Waals surface area contributed by atoms with Crippen molar-refractivity contribution in [3.63, 3.8) is 0 Å². The van der Waals surface area contributed by atoms with Crippen LogP contribution in [0.15, 0.2) is 18.2 Å². The molecule has 0 atom stereocenters. The molecule has 0 heterocycles. The highest BCUT2D eigenvalue weighted by Crippen LogP contribution is 2.29. The molecule has 0 bridgehead atoms. The van der Waals surface area contributed by atoms with Gasteiger partial charge in [-0.25, -0.2) is 4.79 Å². The fourth-order valence-electron chi connectivity index (χ4n) is 2.09. The molecule has 1 aromatic rings. The molecule has 2 N–H and O–H groups in total. The van der Waals surface area contributed by atoms with E-state index in [-0.39, 0.29) is 5.69 Å². The van der Waals surface area contributed by atoms with E-state index in [1.165, 1.54) is 19.2 Å². The number of anilines is 1. The summed E-state index contributed by atoms with van der Waals surface area (Å²) in [7, 11) is 1.46. The van der Waals surface area contributed by atoms with Gasteiger partial charge in [0.25, 0.3) is 5.69 Å². The zero-order valence-corrected chi connectivity index (χ0v) is 15.6. The number of hydrogen-bond donors (Lipinski definition) is 2. The molecule has 0 saturated carbocycles. The van der Waals surface area contributed by atoms with Gasteiger partial charge in [0.1, 0.15) is 11.4 Å². The molecule has 0 fully saturated rings. The molecule has 0 saturated heterocycles. The number of ether oxygens (including phenoxy) is 2. The normalized spacial score (nSPS) is 11.6. The van der Waals surface area contributed by atoms with Crippen molar-refractivity contribution in [3.05, 3.63) is 28.3 Å². The second-order valence-corrected chi connectivity index (χ2v) is 7.33. The standard InChI is InChI=1S/C17H27N3O5/c1-16(2,3)25-15(21)19-17(4,5)9-10-18-13-8-7-12(20(22)23)11-14(13)24-6/h7-8,11,18H,9-10H2,1-6H3,(H,19,21). The summed E-state index contributed by atoms with van der Waals surface area (Å²) in [6, 6.07) is 4.38. The quantitative estimate of drug-likeness (QED) is 0.572. The van der Waals surface area contributed by atoms with Crippen LogP contribution in [0.25, 0.3) is 0 Å². The summed E-state index contributed by atoms with van der Waals surface area (Å²) in [5, 5.41) is 16.8. The van der Waals surface area contributed by atoms with Crippen LogP contribution >= 0.6 is 0 Å². The summed E-state index contributed by atoms with van der Waals surface area (Å²) in [6.45, 7) is 9.75. The molecule has 8 heteroatoms. The molecule has 1 aromatic carbocycles. The molecule has 0 spiro atoms. The summed E-state index contributed by atoms with van der Waals surface area (Å²) in [6.07, 6.45) is 0.150. The SMILES string of the molecule is COc1cc([N+](=O)[O-])ccc1NCCC(C)(C)NC(=O)OC(C)(C)C. The van der Waals surface area contributed by atoms with Crippen molar-refractivity contribution in [2.45, 2.75) is 52.2 Å². The third-order valence-corrected chi connectivity index (χ3v) is 3.30. The Labute approximate surface area is 148 Å². The average molecular weight is 353 g/mol. The molecule has 0 aromatic heterocycles. The van der Waals surface area contributed by atoms with Gasteiger partial charge in [0, 0.05) is 18.2 Å². The molecule has 1 amide bonds. The van der Waals surface area contributed by atoms with Gasteiger partial charge in [-0.1, -0.05) is 0 Å². The predicted molar refractivity (Wildman–Crippen MR) is 96.2 cm³/mol. The molecule has 0 aliphatic heterocycles. The van der Waals surface area contributed by atoms with Crippen molar-refractivity contribution in [2.24, 2.45) is 0 Å². The highest BCUT2D eigenvalue weighted by atomic mass is 16.6. The maximum atomic E-state index is 11.9. The summed E-state index contributed by atoms with van der Waals surface area (Å²) >= 11 is 0. The van der Waals surface area contributed by atoms with Crippen LogP contribution in [0.5, 0.6) is 5.75 Å². The number of nitro benzene ring substituents is 1. The Kier molecular flexibility index (Phi) is 6.61. The third kappa shape index (κ3) is 7.28. The van der Waals surface area contributed by atoms with Crippen LogP contribution < -0.4 is 15.4 Å². The maximum absolute atomic E-state index is 11.9. The smallest absolute Gasteiger partial charge is 0.408 e. The zero-order chi connectivity index (χ0) is 19.3. The van der Waals surface area contributed by atoms with E-state index in [4.69, 9.17) is 9.47 Å².